The molecule has 0 radical (unpaired) electrons. The van der Waals surface area contributed by atoms with Crippen molar-refractivity contribution in [3.8, 4) is 0 Å². The Morgan fingerprint density at radius 1 is 1.56 bits per heavy atom. The van der Waals surface area contributed by atoms with Gasteiger partial charge >= 0.3 is 5.97 Å². The summed E-state index contributed by atoms with van der Waals surface area (Å²) in [6.45, 7) is 8.05. The lowest BCUT2D eigenvalue weighted by Gasteiger charge is -1.98. The second-order valence-corrected chi connectivity index (χ2v) is 1.95. The molecular weight excluding hydrogens is 140 g/mol. The molecule has 0 rings (SSSR count). The van der Waals surface area contributed by atoms with E-state index in [4.69, 9.17) is 11.6 Å². The van der Waals surface area contributed by atoms with E-state index in [1.54, 1.807) is 6.92 Å². The van der Waals surface area contributed by atoms with Crippen molar-refractivity contribution in [1.82, 2.24) is 0 Å². The highest BCUT2D eigenvalue weighted by atomic mass is 35.5. The first-order chi connectivity index (χ1) is 4.04. The fraction of sp³-hybridized carbons (Fsp3) is 0.167. The van der Waals surface area contributed by atoms with Crippen molar-refractivity contribution in [2.75, 3.05) is 0 Å². The molecule has 0 heterocycles. The van der Waals surface area contributed by atoms with Gasteiger partial charge < -0.3 is 4.74 Å². The maximum Gasteiger partial charge on any atom is 0.354 e. The highest BCUT2D eigenvalue weighted by Gasteiger charge is 2.03. The topological polar surface area (TPSA) is 26.3 Å². The molecule has 0 aromatic heterocycles. The first kappa shape index (κ1) is 8.24. The van der Waals surface area contributed by atoms with E-state index in [1.165, 1.54) is 0 Å². The van der Waals surface area contributed by atoms with Gasteiger partial charge in [0.15, 0.2) is 0 Å². The summed E-state index contributed by atoms with van der Waals surface area (Å²) in [5, 5.41) is -0.141. The second kappa shape index (κ2) is 3.30. The Kier molecular flexibility index (Phi) is 3.02. The average molecular weight is 147 g/mol. The lowest BCUT2D eigenvalue weighted by molar-refractivity contribution is -0.134. The molecule has 9 heavy (non-hydrogen) atoms. The second-order valence-electron chi connectivity index (χ2n) is 1.50. The standard InChI is InChI=1S/C6H7ClO2/c1-4(2)9-6(8)5(3)7/h1,3H2,2H3. The van der Waals surface area contributed by atoms with E-state index in [0.29, 0.717) is 5.76 Å². The largest absolute Gasteiger partial charge is 0.428 e. The molecule has 0 aliphatic carbocycles. The Morgan fingerprint density at radius 3 is 2.11 bits per heavy atom. The Bertz CT molecular complexity index is 160. The minimum Gasteiger partial charge on any atom is -0.428 e. The molecule has 0 bridgehead atoms. The number of esters is 1. The Labute approximate surface area is 58.8 Å². The van der Waals surface area contributed by atoms with Crippen molar-refractivity contribution in [3.63, 3.8) is 0 Å². The molecule has 0 amide bonds. The van der Waals surface area contributed by atoms with Crippen LogP contribution in [0, 0.1) is 0 Å². The molecule has 50 valence electrons. The van der Waals surface area contributed by atoms with Gasteiger partial charge in [0.1, 0.15) is 5.03 Å². The number of carbonyl (C=O) groups excluding carboxylic acids is 1. The van der Waals surface area contributed by atoms with Crippen LogP contribution in [0.4, 0.5) is 0 Å². The van der Waals surface area contributed by atoms with Crippen LogP contribution in [-0.4, -0.2) is 5.97 Å². The first-order valence-electron chi connectivity index (χ1n) is 2.26. The normalized spacial score (nSPS) is 8.22. The van der Waals surface area contributed by atoms with Gasteiger partial charge in [0.25, 0.3) is 0 Å². The van der Waals surface area contributed by atoms with Crippen molar-refractivity contribution in [2.24, 2.45) is 0 Å². The number of ether oxygens (including phenoxy) is 1. The quantitative estimate of drug-likeness (QED) is 0.338. The smallest absolute Gasteiger partial charge is 0.354 e. The minimum atomic E-state index is -0.649. The van der Waals surface area contributed by atoms with Crippen LogP contribution in [0.5, 0.6) is 0 Å². The SMILES string of the molecule is C=C(C)OC(=O)C(=C)Cl. The van der Waals surface area contributed by atoms with E-state index in [0.717, 1.165) is 0 Å². The zero-order chi connectivity index (χ0) is 7.44. The molecule has 0 spiro atoms. The third-order valence-corrected chi connectivity index (χ3v) is 0.643. The molecule has 0 unspecified atom stereocenters. The number of allylic oxidation sites excluding steroid dienone is 1. The number of hydrogen-bond donors (Lipinski definition) is 0. The third kappa shape index (κ3) is 3.79. The summed E-state index contributed by atoms with van der Waals surface area (Å²) < 4.78 is 4.45. The summed E-state index contributed by atoms with van der Waals surface area (Å²) in [6, 6.07) is 0. The lowest BCUT2D eigenvalue weighted by atomic mass is 10.6. The molecule has 0 fully saturated rings. The van der Waals surface area contributed by atoms with Gasteiger partial charge in [-0.1, -0.05) is 24.8 Å². The van der Waals surface area contributed by atoms with Crippen LogP contribution in [0.1, 0.15) is 6.92 Å². The lowest BCUT2D eigenvalue weighted by Crippen LogP contribution is -2.00. The van der Waals surface area contributed by atoms with Crippen LogP contribution in [0.3, 0.4) is 0 Å². The fourth-order valence-electron chi connectivity index (χ4n) is 0.214. The van der Waals surface area contributed by atoms with Gasteiger partial charge in [-0.25, -0.2) is 4.79 Å². The average Bonchev–Trinajstić information content (AvgIpc) is 1.63. The third-order valence-electron chi connectivity index (χ3n) is 0.488. The minimum absolute atomic E-state index is 0.141. The van der Waals surface area contributed by atoms with Gasteiger partial charge in [-0.2, -0.15) is 0 Å². The molecule has 0 atom stereocenters. The van der Waals surface area contributed by atoms with E-state index >= 15 is 0 Å². The van der Waals surface area contributed by atoms with E-state index in [2.05, 4.69) is 17.9 Å². The summed E-state index contributed by atoms with van der Waals surface area (Å²) in [5.74, 6) is -0.342. The molecule has 0 N–H and O–H groups in total. The monoisotopic (exact) mass is 146 g/mol. The van der Waals surface area contributed by atoms with Crippen molar-refractivity contribution in [2.45, 2.75) is 6.92 Å². The molecular formula is C6H7ClO2. The Morgan fingerprint density at radius 2 is 2.00 bits per heavy atom. The van der Waals surface area contributed by atoms with Crippen LogP contribution in [0.15, 0.2) is 23.9 Å². The molecule has 0 aliphatic rings. The highest BCUT2D eigenvalue weighted by Crippen LogP contribution is 2.02. The van der Waals surface area contributed by atoms with Crippen LogP contribution in [-0.2, 0) is 9.53 Å². The molecule has 0 aliphatic heterocycles. The molecule has 0 aromatic rings. The van der Waals surface area contributed by atoms with Crippen LogP contribution in [0.2, 0.25) is 0 Å². The number of hydrogen-bond acceptors (Lipinski definition) is 2. The van der Waals surface area contributed by atoms with Crippen molar-refractivity contribution < 1.29 is 9.53 Å². The molecule has 2 nitrogen and oxygen atoms in total. The number of carbonyl (C=O) groups is 1. The number of rotatable bonds is 2. The van der Waals surface area contributed by atoms with Crippen LogP contribution in [0.25, 0.3) is 0 Å². The summed E-state index contributed by atoms with van der Waals surface area (Å²) in [6.07, 6.45) is 0. The van der Waals surface area contributed by atoms with E-state index < -0.39 is 5.97 Å². The van der Waals surface area contributed by atoms with E-state index in [-0.39, 0.29) is 5.03 Å². The maximum atomic E-state index is 10.4. The van der Waals surface area contributed by atoms with Crippen molar-refractivity contribution in [3.05, 3.63) is 23.9 Å². The van der Waals surface area contributed by atoms with E-state index in [1.807, 2.05) is 0 Å². The Hall–Kier alpha value is -0.760. The van der Waals surface area contributed by atoms with Crippen molar-refractivity contribution in [1.29, 1.82) is 0 Å². The zero-order valence-electron chi connectivity index (χ0n) is 5.11. The fourth-order valence-corrected chi connectivity index (χ4v) is 0.252. The van der Waals surface area contributed by atoms with Gasteiger partial charge in [-0.3, -0.25) is 0 Å². The molecule has 0 saturated heterocycles. The zero-order valence-corrected chi connectivity index (χ0v) is 5.86. The first-order valence-corrected chi connectivity index (χ1v) is 2.64. The predicted octanol–water partition coefficient (Wildman–Crippen LogP) is 1.82. The van der Waals surface area contributed by atoms with Gasteiger partial charge in [0.05, 0.1) is 5.76 Å². The van der Waals surface area contributed by atoms with Gasteiger partial charge in [0, 0.05) is 0 Å². The maximum absolute atomic E-state index is 10.4. The number of halogens is 1. The molecule has 0 aromatic carbocycles. The summed E-state index contributed by atoms with van der Waals surface area (Å²) in [5.41, 5.74) is 0. The predicted molar refractivity (Wildman–Crippen MR) is 35.9 cm³/mol. The van der Waals surface area contributed by atoms with Gasteiger partial charge in [-0.05, 0) is 6.92 Å². The van der Waals surface area contributed by atoms with E-state index in [9.17, 15) is 4.79 Å². The van der Waals surface area contributed by atoms with Crippen LogP contribution >= 0.6 is 11.6 Å². The summed E-state index contributed by atoms with van der Waals surface area (Å²) >= 11 is 5.16. The highest BCUT2D eigenvalue weighted by molar-refractivity contribution is 6.40. The van der Waals surface area contributed by atoms with Gasteiger partial charge in [0.2, 0.25) is 0 Å². The summed E-state index contributed by atoms with van der Waals surface area (Å²) in [4.78, 5) is 10.4. The van der Waals surface area contributed by atoms with Crippen molar-refractivity contribution >= 4 is 17.6 Å². The molecule has 0 saturated carbocycles. The van der Waals surface area contributed by atoms with Gasteiger partial charge in [-0.15, -0.1) is 0 Å². The Balaban J connectivity index is 3.79. The van der Waals surface area contributed by atoms with Crippen LogP contribution < -0.4 is 0 Å². The summed E-state index contributed by atoms with van der Waals surface area (Å²) in [7, 11) is 0. The molecule has 3 heteroatoms.